The quantitative estimate of drug-likeness (QED) is 0.766. The minimum absolute atomic E-state index is 0.0902. The molecule has 2 aromatic rings. The average Bonchev–Trinajstić information content (AvgIpc) is 2.58. The summed E-state index contributed by atoms with van der Waals surface area (Å²) in [5.74, 6) is 0.560. The molecule has 0 aliphatic carbocycles. The van der Waals surface area contributed by atoms with Gasteiger partial charge in [-0.05, 0) is 69.4 Å². The Morgan fingerprint density at radius 1 is 1.12 bits per heavy atom. The van der Waals surface area contributed by atoms with Crippen LogP contribution in [0.2, 0.25) is 5.02 Å². The van der Waals surface area contributed by atoms with Crippen molar-refractivity contribution in [2.45, 2.75) is 52.7 Å². The first kappa shape index (κ1) is 19.3. The van der Waals surface area contributed by atoms with E-state index in [1.54, 1.807) is 6.92 Å². The Labute approximate surface area is 155 Å². The minimum Gasteiger partial charge on any atom is -0.481 e. The lowest BCUT2D eigenvalue weighted by Crippen LogP contribution is -2.41. The van der Waals surface area contributed by atoms with Crippen molar-refractivity contribution in [2.24, 2.45) is 0 Å². The van der Waals surface area contributed by atoms with Crippen LogP contribution in [-0.2, 0) is 11.2 Å². The molecule has 134 valence electrons. The third kappa shape index (κ3) is 5.79. The SMILES string of the molecule is Cc1cc(O[C@H](C)C(=O)N[C@@H](C)CCc2ccccc2)cc(C)c1Cl. The van der Waals surface area contributed by atoms with E-state index in [9.17, 15) is 4.79 Å². The summed E-state index contributed by atoms with van der Waals surface area (Å²) in [6.45, 7) is 7.64. The normalized spacial score (nSPS) is 13.2. The molecule has 0 radical (unpaired) electrons. The van der Waals surface area contributed by atoms with Crippen molar-refractivity contribution in [1.82, 2.24) is 5.32 Å². The van der Waals surface area contributed by atoms with E-state index in [2.05, 4.69) is 17.4 Å². The summed E-state index contributed by atoms with van der Waals surface area (Å²) < 4.78 is 5.79. The third-order valence-electron chi connectivity index (χ3n) is 4.19. The molecule has 0 heterocycles. The number of amides is 1. The van der Waals surface area contributed by atoms with Crippen LogP contribution < -0.4 is 10.1 Å². The van der Waals surface area contributed by atoms with Gasteiger partial charge in [-0.25, -0.2) is 0 Å². The van der Waals surface area contributed by atoms with E-state index in [-0.39, 0.29) is 11.9 Å². The maximum Gasteiger partial charge on any atom is 0.260 e. The van der Waals surface area contributed by atoms with Crippen LogP contribution >= 0.6 is 11.6 Å². The van der Waals surface area contributed by atoms with Gasteiger partial charge in [-0.3, -0.25) is 4.79 Å². The number of hydrogen-bond donors (Lipinski definition) is 1. The summed E-state index contributed by atoms with van der Waals surface area (Å²) >= 11 is 6.17. The number of hydrogen-bond acceptors (Lipinski definition) is 2. The molecule has 0 bridgehead atoms. The summed E-state index contributed by atoms with van der Waals surface area (Å²) in [6.07, 6.45) is 1.27. The fourth-order valence-corrected chi connectivity index (χ4v) is 2.80. The molecule has 0 fully saturated rings. The molecular formula is C21H26ClNO2. The van der Waals surface area contributed by atoms with Gasteiger partial charge in [0.05, 0.1) is 0 Å². The van der Waals surface area contributed by atoms with E-state index in [1.165, 1.54) is 5.56 Å². The van der Waals surface area contributed by atoms with Gasteiger partial charge in [0.2, 0.25) is 0 Å². The van der Waals surface area contributed by atoms with Crippen molar-refractivity contribution in [3.8, 4) is 5.75 Å². The molecule has 3 nitrogen and oxygen atoms in total. The first-order chi connectivity index (χ1) is 11.9. The van der Waals surface area contributed by atoms with Crippen molar-refractivity contribution in [3.63, 3.8) is 0 Å². The molecule has 2 rings (SSSR count). The fraction of sp³-hybridized carbons (Fsp3) is 0.381. The highest BCUT2D eigenvalue weighted by Crippen LogP contribution is 2.26. The highest BCUT2D eigenvalue weighted by atomic mass is 35.5. The molecule has 0 spiro atoms. The van der Waals surface area contributed by atoms with Crippen LogP contribution in [-0.4, -0.2) is 18.1 Å². The van der Waals surface area contributed by atoms with Crippen LogP contribution in [0.4, 0.5) is 0 Å². The molecule has 4 heteroatoms. The molecule has 0 aliphatic heterocycles. The summed E-state index contributed by atoms with van der Waals surface area (Å²) in [5.41, 5.74) is 3.17. The second-order valence-electron chi connectivity index (χ2n) is 6.57. The molecule has 0 unspecified atom stereocenters. The smallest absolute Gasteiger partial charge is 0.260 e. The predicted molar refractivity (Wildman–Crippen MR) is 103 cm³/mol. The number of carbonyl (C=O) groups is 1. The first-order valence-corrected chi connectivity index (χ1v) is 9.02. The van der Waals surface area contributed by atoms with Gasteiger partial charge in [-0.15, -0.1) is 0 Å². The van der Waals surface area contributed by atoms with Gasteiger partial charge >= 0.3 is 0 Å². The Kier molecular flexibility index (Phi) is 6.89. The van der Waals surface area contributed by atoms with Crippen molar-refractivity contribution in [2.75, 3.05) is 0 Å². The predicted octanol–water partition coefficient (Wildman–Crippen LogP) is 4.86. The van der Waals surface area contributed by atoms with E-state index in [1.807, 2.05) is 51.1 Å². The zero-order valence-corrected chi connectivity index (χ0v) is 16.1. The lowest BCUT2D eigenvalue weighted by Gasteiger charge is -2.19. The number of rotatable bonds is 7. The number of carbonyl (C=O) groups excluding carboxylic acids is 1. The molecular weight excluding hydrogens is 334 g/mol. The Morgan fingerprint density at radius 3 is 2.32 bits per heavy atom. The standard InChI is InChI=1S/C21H26ClNO2/c1-14-12-19(13-15(2)20(14)22)25-17(4)21(24)23-16(3)10-11-18-8-6-5-7-9-18/h5-9,12-13,16-17H,10-11H2,1-4H3,(H,23,24)/t16-,17+/m0/s1. The van der Waals surface area contributed by atoms with Crippen LogP contribution in [0.25, 0.3) is 0 Å². The molecule has 1 N–H and O–H groups in total. The van der Waals surface area contributed by atoms with Crippen molar-refractivity contribution < 1.29 is 9.53 Å². The Morgan fingerprint density at radius 2 is 1.72 bits per heavy atom. The monoisotopic (exact) mass is 359 g/mol. The van der Waals surface area contributed by atoms with Crippen molar-refractivity contribution in [1.29, 1.82) is 0 Å². The summed E-state index contributed by atoms with van der Waals surface area (Å²) in [5, 5.41) is 3.76. The minimum atomic E-state index is -0.556. The number of nitrogens with one attached hydrogen (secondary N) is 1. The highest BCUT2D eigenvalue weighted by molar-refractivity contribution is 6.32. The zero-order valence-electron chi connectivity index (χ0n) is 15.3. The van der Waals surface area contributed by atoms with Gasteiger partial charge < -0.3 is 10.1 Å². The Balaban J connectivity index is 1.85. The summed E-state index contributed by atoms with van der Waals surface area (Å²) in [6, 6.07) is 14.1. The van der Waals surface area contributed by atoms with Crippen LogP contribution in [0.15, 0.2) is 42.5 Å². The number of benzene rings is 2. The molecule has 25 heavy (non-hydrogen) atoms. The van der Waals surface area contributed by atoms with Crippen molar-refractivity contribution >= 4 is 17.5 Å². The van der Waals surface area contributed by atoms with Gasteiger partial charge in [0.1, 0.15) is 5.75 Å². The molecule has 0 aromatic heterocycles. The largest absolute Gasteiger partial charge is 0.481 e. The van der Waals surface area contributed by atoms with Crippen LogP contribution in [0.5, 0.6) is 5.75 Å². The lowest BCUT2D eigenvalue weighted by atomic mass is 10.1. The second kappa shape index (κ2) is 8.91. The Hall–Kier alpha value is -2.00. The lowest BCUT2D eigenvalue weighted by molar-refractivity contribution is -0.127. The van der Waals surface area contributed by atoms with E-state index < -0.39 is 6.10 Å². The molecule has 1 amide bonds. The van der Waals surface area contributed by atoms with Crippen LogP contribution in [0.3, 0.4) is 0 Å². The van der Waals surface area contributed by atoms with Crippen molar-refractivity contribution in [3.05, 3.63) is 64.2 Å². The molecule has 0 saturated heterocycles. The van der Waals surface area contributed by atoms with E-state index >= 15 is 0 Å². The van der Waals surface area contributed by atoms with E-state index in [4.69, 9.17) is 16.3 Å². The number of aryl methyl sites for hydroxylation is 3. The van der Waals surface area contributed by atoms with E-state index in [0.29, 0.717) is 5.75 Å². The average molecular weight is 360 g/mol. The van der Waals surface area contributed by atoms with Gasteiger partial charge in [-0.2, -0.15) is 0 Å². The second-order valence-corrected chi connectivity index (χ2v) is 6.94. The summed E-state index contributed by atoms with van der Waals surface area (Å²) in [4.78, 5) is 12.3. The van der Waals surface area contributed by atoms with Gasteiger partial charge in [0, 0.05) is 11.1 Å². The van der Waals surface area contributed by atoms with Gasteiger partial charge in [-0.1, -0.05) is 41.9 Å². The van der Waals surface area contributed by atoms with Gasteiger partial charge in [0.25, 0.3) is 5.91 Å². The summed E-state index contributed by atoms with van der Waals surface area (Å²) in [7, 11) is 0. The van der Waals surface area contributed by atoms with Crippen LogP contribution in [0, 0.1) is 13.8 Å². The fourth-order valence-electron chi connectivity index (χ4n) is 2.69. The van der Waals surface area contributed by atoms with Gasteiger partial charge in [0.15, 0.2) is 6.10 Å². The maximum atomic E-state index is 12.3. The first-order valence-electron chi connectivity index (χ1n) is 8.64. The molecule has 2 aromatic carbocycles. The number of halogens is 1. The topological polar surface area (TPSA) is 38.3 Å². The van der Waals surface area contributed by atoms with Crippen LogP contribution in [0.1, 0.15) is 37.0 Å². The van der Waals surface area contributed by atoms with E-state index in [0.717, 1.165) is 29.0 Å². The highest BCUT2D eigenvalue weighted by Gasteiger charge is 2.17. The molecule has 0 saturated carbocycles. The zero-order chi connectivity index (χ0) is 18.4. The number of ether oxygens (including phenoxy) is 1. The third-order valence-corrected chi connectivity index (χ3v) is 4.79. The molecule has 2 atom stereocenters. The maximum absolute atomic E-state index is 12.3. The Bertz CT molecular complexity index is 692. The molecule has 0 aliphatic rings.